The zero-order valence-corrected chi connectivity index (χ0v) is 14.1. The Kier molecular flexibility index (Phi) is 4.82. The Morgan fingerprint density at radius 3 is 2.58 bits per heavy atom. The molecule has 3 N–H and O–H groups in total. The highest BCUT2D eigenvalue weighted by atomic mass is 35.5. The van der Waals surface area contributed by atoms with Gasteiger partial charge >= 0.3 is 0 Å². The third-order valence-electron chi connectivity index (χ3n) is 4.51. The lowest BCUT2D eigenvalue weighted by atomic mass is 10.0. The van der Waals surface area contributed by atoms with E-state index >= 15 is 0 Å². The van der Waals surface area contributed by atoms with Gasteiger partial charge in [0.05, 0.1) is 12.1 Å². The average molecular weight is 354 g/mol. The summed E-state index contributed by atoms with van der Waals surface area (Å²) in [5.74, 6) is 0.843. The van der Waals surface area contributed by atoms with Gasteiger partial charge in [-0.1, -0.05) is 11.6 Å². The van der Waals surface area contributed by atoms with Crippen molar-refractivity contribution in [1.82, 2.24) is 10.2 Å². The molecule has 2 aliphatic heterocycles. The van der Waals surface area contributed by atoms with E-state index in [1.807, 2.05) is 4.90 Å². The number of fused-ring (bicyclic) bond motifs is 1. The molecule has 3 rings (SSSR count). The molecule has 1 aromatic rings. The number of nitrogens with zero attached hydrogens (tertiary/aromatic N) is 1. The maximum absolute atomic E-state index is 12.8. The zero-order chi connectivity index (χ0) is 17.3. The lowest BCUT2D eigenvalue weighted by Crippen LogP contribution is -2.31. The Hall–Kier alpha value is -1.99. The minimum absolute atomic E-state index is 0.0777. The van der Waals surface area contributed by atoms with Crippen molar-refractivity contribution in [3.63, 3.8) is 0 Å². The Bertz CT molecular complexity index is 655. The molecular formula is C16H20ClN3O4. The second-order valence-corrected chi connectivity index (χ2v) is 6.54. The molecule has 24 heavy (non-hydrogen) atoms. The molecule has 2 fully saturated rings. The zero-order valence-electron chi connectivity index (χ0n) is 13.4. The molecule has 0 radical (unpaired) electrons. The van der Waals surface area contributed by atoms with Gasteiger partial charge in [-0.05, 0) is 24.0 Å². The van der Waals surface area contributed by atoms with Gasteiger partial charge in [-0.2, -0.15) is 0 Å². The SMILES string of the molecule is COc1cc(C(=O)N2C[C@H]3CNC[C@H]3C2)cc(Cl)c1OCC(N)=O. The first-order chi connectivity index (χ1) is 11.5. The summed E-state index contributed by atoms with van der Waals surface area (Å²) in [6.45, 7) is 3.09. The molecule has 7 nitrogen and oxygen atoms in total. The number of carbonyl (C=O) groups excluding carboxylic acids is 2. The largest absolute Gasteiger partial charge is 0.493 e. The van der Waals surface area contributed by atoms with E-state index in [9.17, 15) is 9.59 Å². The van der Waals surface area contributed by atoms with Crippen LogP contribution in [0.2, 0.25) is 5.02 Å². The third kappa shape index (κ3) is 3.27. The van der Waals surface area contributed by atoms with Crippen molar-refractivity contribution in [2.75, 3.05) is 39.9 Å². The van der Waals surface area contributed by atoms with Crippen LogP contribution in [0, 0.1) is 11.8 Å². The van der Waals surface area contributed by atoms with E-state index in [1.165, 1.54) is 13.2 Å². The first-order valence-electron chi connectivity index (χ1n) is 7.78. The minimum atomic E-state index is -0.620. The maximum atomic E-state index is 12.8. The molecular weight excluding hydrogens is 334 g/mol. The van der Waals surface area contributed by atoms with Gasteiger partial charge in [0, 0.05) is 31.7 Å². The standard InChI is InChI=1S/C16H20ClN3O4/c1-23-13-3-9(2-12(17)15(13)24-8-14(18)21)16(22)20-6-10-4-19-5-11(10)7-20/h2-3,10-11,19H,4-8H2,1H3,(H2,18,21)/t10-,11+. The number of hydrogen-bond acceptors (Lipinski definition) is 5. The fraction of sp³-hybridized carbons (Fsp3) is 0.500. The van der Waals surface area contributed by atoms with E-state index in [-0.39, 0.29) is 23.3 Å². The summed E-state index contributed by atoms with van der Waals surface area (Å²) in [5, 5.41) is 3.56. The van der Waals surface area contributed by atoms with Crippen LogP contribution >= 0.6 is 11.6 Å². The number of hydrogen-bond donors (Lipinski definition) is 2. The van der Waals surface area contributed by atoms with Crippen LogP contribution in [0.3, 0.4) is 0 Å². The number of nitrogens with one attached hydrogen (secondary N) is 1. The molecule has 1 aromatic carbocycles. The maximum Gasteiger partial charge on any atom is 0.255 e. The van der Waals surface area contributed by atoms with Crippen molar-refractivity contribution in [3.8, 4) is 11.5 Å². The molecule has 0 bridgehead atoms. The van der Waals surface area contributed by atoms with E-state index in [0.717, 1.165) is 26.2 Å². The number of amides is 2. The van der Waals surface area contributed by atoms with Crippen LogP contribution in [0.5, 0.6) is 11.5 Å². The summed E-state index contributed by atoms with van der Waals surface area (Å²) < 4.78 is 10.5. The summed E-state index contributed by atoms with van der Waals surface area (Å²) in [6.07, 6.45) is 0. The lowest BCUT2D eigenvalue weighted by molar-refractivity contribution is -0.119. The summed E-state index contributed by atoms with van der Waals surface area (Å²) in [7, 11) is 1.45. The van der Waals surface area contributed by atoms with E-state index in [4.69, 9.17) is 26.8 Å². The normalized spacial score (nSPS) is 22.3. The van der Waals surface area contributed by atoms with E-state index < -0.39 is 5.91 Å². The molecule has 0 unspecified atom stereocenters. The number of rotatable bonds is 5. The van der Waals surface area contributed by atoms with Gasteiger partial charge in [-0.25, -0.2) is 0 Å². The van der Waals surface area contributed by atoms with Crippen LogP contribution in [0.25, 0.3) is 0 Å². The van der Waals surface area contributed by atoms with Crippen molar-refractivity contribution in [2.24, 2.45) is 17.6 Å². The predicted molar refractivity (Wildman–Crippen MR) is 88.4 cm³/mol. The molecule has 2 atom stereocenters. The quantitative estimate of drug-likeness (QED) is 0.804. The van der Waals surface area contributed by atoms with Crippen molar-refractivity contribution in [1.29, 1.82) is 0 Å². The first-order valence-corrected chi connectivity index (χ1v) is 8.16. The topological polar surface area (TPSA) is 93.9 Å². The van der Waals surface area contributed by atoms with Gasteiger partial charge in [0.1, 0.15) is 0 Å². The van der Waals surface area contributed by atoms with Crippen LogP contribution in [0.15, 0.2) is 12.1 Å². The second kappa shape index (κ2) is 6.86. The van der Waals surface area contributed by atoms with Gasteiger partial charge < -0.3 is 25.4 Å². The molecule has 2 amide bonds. The number of likely N-dealkylation sites (tertiary alicyclic amines) is 1. The van der Waals surface area contributed by atoms with Crippen molar-refractivity contribution in [2.45, 2.75) is 0 Å². The number of nitrogens with two attached hydrogens (primary N) is 1. The van der Waals surface area contributed by atoms with Crippen LogP contribution < -0.4 is 20.5 Å². The van der Waals surface area contributed by atoms with E-state index in [2.05, 4.69) is 5.32 Å². The van der Waals surface area contributed by atoms with Crippen molar-refractivity contribution in [3.05, 3.63) is 22.7 Å². The predicted octanol–water partition coefficient (Wildman–Crippen LogP) is 0.504. The van der Waals surface area contributed by atoms with Crippen molar-refractivity contribution < 1.29 is 19.1 Å². The molecule has 0 aliphatic carbocycles. The molecule has 8 heteroatoms. The van der Waals surface area contributed by atoms with Crippen LogP contribution in [-0.2, 0) is 4.79 Å². The Labute approximate surface area is 145 Å². The molecule has 0 spiro atoms. The fourth-order valence-electron chi connectivity index (χ4n) is 3.33. The molecule has 130 valence electrons. The molecule has 2 saturated heterocycles. The summed E-state index contributed by atoms with van der Waals surface area (Å²) >= 11 is 6.21. The first kappa shape index (κ1) is 16.9. The number of primary amides is 1. The highest BCUT2D eigenvalue weighted by Gasteiger charge is 2.38. The number of methoxy groups -OCH3 is 1. The van der Waals surface area contributed by atoms with Crippen LogP contribution in [-0.4, -0.2) is 56.6 Å². The molecule has 0 aromatic heterocycles. The van der Waals surface area contributed by atoms with Gasteiger partial charge in [-0.3, -0.25) is 9.59 Å². The van der Waals surface area contributed by atoms with Gasteiger partial charge in [-0.15, -0.1) is 0 Å². The minimum Gasteiger partial charge on any atom is -0.493 e. The summed E-state index contributed by atoms with van der Waals surface area (Å²) in [5.41, 5.74) is 5.51. The number of carbonyl (C=O) groups is 2. The van der Waals surface area contributed by atoms with Gasteiger partial charge in [0.25, 0.3) is 11.8 Å². The van der Waals surface area contributed by atoms with Crippen LogP contribution in [0.1, 0.15) is 10.4 Å². The third-order valence-corrected chi connectivity index (χ3v) is 4.79. The van der Waals surface area contributed by atoms with E-state index in [1.54, 1.807) is 6.07 Å². The summed E-state index contributed by atoms with van der Waals surface area (Å²) in [4.78, 5) is 25.5. The highest BCUT2D eigenvalue weighted by molar-refractivity contribution is 6.32. The molecule has 2 heterocycles. The van der Waals surface area contributed by atoms with Gasteiger partial charge in [0.15, 0.2) is 18.1 Å². The second-order valence-electron chi connectivity index (χ2n) is 6.13. The van der Waals surface area contributed by atoms with Gasteiger partial charge in [0.2, 0.25) is 0 Å². The monoisotopic (exact) mass is 353 g/mol. The Balaban J connectivity index is 1.79. The highest BCUT2D eigenvalue weighted by Crippen LogP contribution is 2.37. The van der Waals surface area contributed by atoms with Crippen molar-refractivity contribution >= 4 is 23.4 Å². The number of benzene rings is 1. The Morgan fingerprint density at radius 1 is 1.33 bits per heavy atom. The van der Waals surface area contributed by atoms with Crippen LogP contribution in [0.4, 0.5) is 0 Å². The lowest BCUT2D eigenvalue weighted by Gasteiger charge is -2.19. The summed E-state index contributed by atoms with van der Waals surface area (Å²) in [6, 6.07) is 3.12. The average Bonchev–Trinajstić information content (AvgIpc) is 3.13. The molecule has 0 saturated carbocycles. The number of halogens is 1. The number of ether oxygens (including phenoxy) is 2. The molecule has 2 aliphatic rings. The van der Waals surface area contributed by atoms with E-state index in [0.29, 0.717) is 23.1 Å². The fourth-order valence-corrected chi connectivity index (χ4v) is 3.60. The Morgan fingerprint density at radius 2 is 2.00 bits per heavy atom. The smallest absolute Gasteiger partial charge is 0.255 e.